The zero-order valence-electron chi connectivity index (χ0n) is 12.8. The number of hydrogen-bond acceptors (Lipinski definition) is 1. The smallest absolute Gasteiger partial charge is 0.217 e. The number of rotatable bonds is 6. The highest BCUT2D eigenvalue weighted by atomic mass is 16.1. The van der Waals surface area contributed by atoms with Crippen molar-refractivity contribution in [3.05, 3.63) is 0 Å². The van der Waals surface area contributed by atoms with Crippen molar-refractivity contribution in [2.75, 3.05) is 27.2 Å². The number of nitrogens with zero attached hydrogens (tertiary/aromatic N) is 1. The number of hydrogen-bond donors (Lipinski definition) is 1. The molecule has 0 aromatic rings. The maximum Gasteiger partial charge on any atom is 0.217 e. The van der Waals surface area contributed by atoms with Gasteiger partial charge in [0.1, 0.15) is 0 Å². The van der Waals surface area contributed by atoms with Crippen molar-refractivity contribution in [3.8, 4) is 0 Å². The van der Waals surface area contributed by atoms with Crippen LogP contribution in [0.2, 0.25) is 0 Å². The molecule has 0 bridgehead atoms. The van der Waals surface area contributed by atoms with E-state index in [1.54, 1.807) is 6.92 Å². The molecule has 1 N–H and O–H groups in total. The zero-order valence-corrected chi connectivity index (χ0v) is 12.8. The first-order valence-corrected chi connectivity index (χ1v) is 7.43. The zero-order chi connectivity index (χ0) is 13.8. The lowest BCUT2D eigenvalue weighted by atomic mass is 9.89. The van der Waals surface area contributed by atoms with Crippen LogP contribution in [-0.4, -0.2) is 43.6 Å². The highest BCUT2D eigenvalue weighted by Gasteiger charge is 2.38. The Morgan fingerprint density at radius 3 is 2.50 bits per heavy atom. The standard InChI is InChI=1S/C15H30N2O/c1-6-14-10-17(4,5)11-15(14)9-7-8-12(2)16-13(3)18/h12,14-15H,6-11H2,1-5H3/p+1. The molecule has 0 radical (unpaired) electrons. The van der Waals surface area contributed by atoms with Crippen molar-refractivity contribution in [1.29, 1.82) is 0 Å². The van der Waals surface area contributed by atoms with Gasteiger partial charge in [-0.2, -0.15) is 0 Å². The molecule has 1 heterocycles. The minimum absolute atomic E-state index is 0.0904. The van der Waals surface area contributed by atoms with E-state index >= 15 is 0 Å². The SMILES string of the molecule is CCC1C[N+](C)(C)CC1CCCC(C)NC(C)=O. The van der Waals surface area contributed by atoms with Crippen LogP contribution in [0.4, 0.5) is 0 Å². The van der Waals surface area contributed by atoms with Crippen molar-refractivity contribution < 1.29 is 9.28 Å². The van der Waals surface area contributed by atoms with Crippen molar-refractivity contribution in [1.82, 2.24) is 5.32 Å². The van der Waals surface area contributed by atoms with Crippen LogP contribution in [-0.2, 0) is 4.79 Å². The average Bonchev–Trinajstić information content (AvgIpc) is 2.52. The minimum Gasteiger partial charge on any atom is -0.354 e. The number of carbonyl (C=O) groups is 1. The highest BCUT2D eigenvalue weighted by Crippen LogP contribution is 2.32. The van der Waals surface area contributed by atoms with Gasteiger partial charge in [-0.15, -0.1) is 0 Å². The first-order valence-electron chi connectivity index (χ1n) is 7.43. The molecule has 3 heteroatoms. The Balaban J connectivity index is 2.28. The van der Waals surface area contributed by atoms with Crippen LogP contribution >= 0.6 is 0 Å². The summed E-state index contributed by atoms with van der Waals surface area (Å²) in [5.74, 6) is 1.87. The molecule has 1 rings (SSSR count). The van der Waals surface area contributed by atoms with E-state index in [2.05, 4.69) is 33.3 Å². The molecule has 0 saturated carbocycles. The lowest BCUT2D eigenvalue weighted by Gasteiger charge is -2.23. The highest BCUT2D eigenvalue weighted by molar-refractivity contribution is 5.73. The van der Waals surface area contributed by atoms with Gasteiger partial charge in [0.05, 0.1) is 27.2 Å². The predicted octanol–water partition coefficient (Wildman–Crippen LogP) is 2.41. The lowest BCUT2D eigenvalue weighted by molar-refractivity contribution is -0.880. The number of amides is 1. The first kappa shape index (κ1) is 15.5. The second-order valence-corrected chi connectivity index (χ2v) is 6.76. The summed E-state index contributed by atoms with van der Waals surface area (Å²) in [6.07, 6.45) is 4.99. The largest absolute Gasteiger partial charge is 0.354 e. The van der Waals surface area contributed by atoms with Gasteiger partial charge in [0.15, 0.2) is 0 Å². The first-order chi connectivity index (χ1) is 8.34. The lowest BCUT2D eigenvalue weighted by Crippen LogP contribution is -2.37. The Hall–Kier alpha value is -0.570. The normalized spacial score (nSPS) is 28.1. The van der Waals surface area contributed by atoms with Crippen molar-refractivity contribution in [3.63, 3.8) is 0 Å². The Labute approximate surface area is 113 Å². The molecule has 0 spiro atoms. The monoisotopic (exact) mass is 255 g/mol. The minimum atomic E-state index is 0.0904. The van der Waals surface area contributed by atoms with E-state index in [1.807, 2.05) is 0 Å². The van der Waals surface area contributed by atoms with Gasteiger partial charge in [-0.25, -0.2) is 0 Å². The summed E-state index contributed by atoms with van der Waals surface area (Å²) >= 11 is 0. The molecule has 3 nitrogen and oxygen atoms in total. The second kappa shape index (κ2) is 6.55. The van der Waals surface area contributed by atoms with Crippen LogP contribution in [0.25, 0.3) is 0 Å². The molecule has 0 aromatic carbocycles. The molecule has 0 aliphatic carbocycles. The summed E-state index contributed by atoms with van der Waals surface area (Å²) < 4.78 is 1.18. The third-order valence-corrected chi connectivity index (χ3v) is 4.31. The molecule has 3 atom stereocenters. The molecule has 1 aliphatic rings. The van der Waals surface area contributed by atoms with E-state index in [4.69, 9.17) is 0 Å². The van der Waals surface area contributed by atoms with Gasteiger partial charge in [0, 0.05) is 24.8 Å². The molecule has 1 amide bonds. The van der Waals surface area contributed by atoms with Crippen LogP contribution in [0, 0.1) is 11.8 Å². The third kappa shape index (κ3) is 4.97. The van der Waals surface area contributed by atoms with Crippen molar-refractivity contribution in [2.24, 2.45) is 11.8 Å². The van der Waals surface area contributed by atoms with E-state index in [0.29, 0.717) is 6.04 Å². The molecule has 3 unspecified atom stereocenters. The number of quaternary nitrogens is 1. The van der Waals surface area contributed by atoms with Crippen LogP contribution in [0.15, 0.2) is 0 Å². The molecule has 0 aromatic heterocycles. The topological polar surface area (TPSA) is 29.1 Å². The van der Waals surface area contributed by atoms with Gasteiger partial charge in [-0.3, -0.25) is 4.79 Å². The third-order valence-electron chi connectivity index (χ3n) is 4.31. The van der Waals surface area contributed by atoms with Gasteiger partial charge in [0.2, 0.25) is 5.91 Å². The van der Waals surface area contributed by atoms with E-state index < -0.39 is 0 Å². The van der Waals surface area contributed by atoms with Gasteiger partial charge >= 0.3 is 0 Å². The van der Waals surface area contributed by atoms with Crippen molar-refractivity contribution >= 4 is 5.91 Å². The van der Waals surface area contributed by atoms with Crippen molar-refractivity contribution in [2.45, 2.75) is 52.5 Å². The van der Waals surface area contributed by atoms with E-state index in [9.17, 15) is 4.79 Å². The van der Waals surface area contributed by atoms with E-state index in [-0.39, 0.29) is 5.91 Å². The molecule has 18 heavy (non-hydrogen) atoms. The Bertz CT molecular complexity index is 276. The number of likely N-dealkylation sites (tertiary alicyclic amines) is 1. The van der Waals surface area contributed by atoms with Gasteiger partial charge in [-0.1, -0.05) is 13.3 Å². The Morgan fingerprint density at radius 2 is 1.94 bits per heavy atom. The van der Waals surface area contributed by atoms with Crippen LogP contribution in [0.5, 0.6) is 0 Å². The van der Waals surface area contributed by atoms with E-state index in [0.717, 1.165) is 18.3 Å². The summed E-state index contributed by atoms with van der Waals surface area (Å²) in [5, 5.41) is 2.97. The fraction of sp³-hybridized carbons (Fsp3) is 0.933. The van der Waals surface area contributed by atoms with Gasteiger partial charge < -0.3 is 9.80 Å². The van der Waals surface area contributed by atoms with Gasteiger partial charge in [0.25, 0.3) is 0 Å². The van der Waals surface area contributed by atoms with Crippen LogP contribution in [0.3, 0.4) is 0 Å². The second-order valence-electron chi connectivity index (χ2n) is 6.76. The Kier molecular flexibility index (Phi) is 5.64. The number of carbonyl (C=O) groups excluding carboxylic acids is 1. The summed E-state index contributed by atoms with van der Waals surface area (Å²) in [4.78, 5) is 10.9. The summed E-state index contributed by atoms with van der Waals surface area (Å²) in [6, 6.07) is 0.325. The molecular formula is C15H31N2O+. The van der Waals surface area contributed by atoms with E-state index in [1.165, 1.54) is 36.8 Å². The molecular weight excluding hydrogens is 224 g/mol. The molecule has 1 saturated heterocycles. The Morgan fingerprint density at radius 1 is 1.33 bits per heavy atom. The number of nitrogens with one attached hydrogen (secondary N) is 1. The summed E-state index contributed by atoms with van der Waals surface area (Å²) in [5.41, 5.74) is 0. The van der Waals surface area contributed by atoms with Crippen LogP contribution < -0.4 is 5.32 Å². The maximum atomic E-state index is 10.9. The quantitative estimate of drug-likeness (QED) is 0.726. The maximum absolute atomic E-state index is 10.9. The fourth-order valence-electron chi connectivity index (χ4n) is 3.54. The molecule has 1 fully saturated rings. The molecule has 106 valence electrons. The average molecular weight is 255 g/mol. The molecule has 1 aliphatic heterocycles. The summed E-state index contributed by atoms with van der Waals surface area (Å²) in [7, 11) is 4.70. The van der Waals surface area contributed by atoms with Crippen LogP contribution in [0.1, 0.15) is 46.5 Å². The fourth-order valence-corrected chi connectivity index (χ4v) is 3.54. The summed E-state index contributed by atoms with van der Waals surface area (Å²) in [6.45, 7) is 8.69. The predicted molar refractivity (Wildman–Crippen MR) is 76.2 cm³/mol. The van der Waals surface area contributed by atoms with Gasteiger partial charge in [-0.05, 0) is 26.2 Å².